The molecule has 0 fully saturated rings. The predicted octanol–water partition coefficient (Wildman–Crippen LogP) is 1.55. The minimum atomic E-state index is -0.150. The van der Waals surface area contributed by atoms with Gasteiger partial charge in [0, 0.05) is 17.9 Å². The van der Waals surface area contributed by atoms with Gasteiger partial charge in [-0.25, -0.2) is 0 Å². The van der Waals surface area contributed by atoms with Crippen molar-refractivity contribution in [2.24, 2.45) is 5.92 Å². The van der Waals surface area contributed by atoms with Crippen LogP contribution in [0.1, 0.15) is 13.3 Å². The number of hydrogen-bond acceptors (Lipinski definition) is 3. The molecule has 0 amide bonds. The first kappa shape index (κ1) is 11.4. The second-order valence-electron chi connectivity index (χ2n) is 2.45. The van der Waals surface area contributed by atoms with E-state index in [1.54, 1.807) is 11.8 Å². The summed E-state index contributed by atoms with van der Waals surface area (Å²) in [5.41, 5.74) is 0. The van der Waals surface area contributed by atoms with Gasteiger partial charge in [-0.05, 0) is 0 Å². The molecule has 0 bridgehead atoms. The number of terminal acetylenes is 1. The third kappa shape index (κ3) is 5.09. The van der Waals surface area contributed by atoms with Crippen molar-refractivity contribution in [3.63, 3.8) is 0 Å². The molecule has 2 nitrogen and oxygen atoms in total. The van der Waals surface area contributed by atoms with Crippen molar-refractivity contribution in [1.29, 1.82) is 0 Å². The van der Waals surface area contributed by atoms with Gasteiger partial charge in [-0.1, -0.05) is 6.92 Å². The molecule has 0 aromatic rings. The third-order valence-corrected chi connectivity index (χ3v) is 2.59. The molecular formula is C9H14O2S. The van der Waals surface area contributed by atoms with Crippen LogP contribution in [0.2, 0.25) is 0 Å². The molecule has 0 radical (unpaired) electrons. The van der Waals surface area contributed by atoms with E-state index in [0.29, 0.717) is 0 Å². The smallest absolute Gasteiger partial charge is 0.309 e. The average molecular weight is 186 g/mol. The molecule has 0 saturated carbocycles. The number of hydrogen-bond donors (Lipinski definition) is 0. The fraction of sp³-hybridized carbons (Fsp3) is 0.667. The summed E-state index contributed by atoms with van der Waals surface area (Å²) in [7, 11) is 1.41. The zero-order valence-electron chi connectivity index (χ0n) is 7.50. The van der Waals surface area contributed by atoms with Gasteiger partial charge in [0.1, 0.15) is 0 Å². The number of methoxy groups -OCH3 is 1. The molecule has 0 aliphatic rings. The Balaban J connectivity index is 3.38. The Morgan fingerprint density at radius 2 is 2.42 bits per heavy atom. The molecule has 0 aromatic heterocycles. The lowest BCUT2D eigenvalue weighted by atomic mass is 10.2. The van der Waals surface area contributed by atoms with Crippen molar-refractivity contribution in [1.82, 2.24) is 0 Å². The Morgan fingerprint density at radius 3 is 2.92 bits per heavy atom. The molecule has 68 valence electrons. The fourth-order valence-electron chi connectivity index (χ4n) is 0.660. The Kier molecular flexibility index (Phi) is 6.69. The first-order chi connectivity index (χ1) is 5.72. The van der Waals surface area contributed by atoms with Gasteiger partial charge in [0.15, 0.2) is 0 Å². The Labute approximate surface area is 78.1 Å². The van der Waals surface area contributed by atoms with Gasteiger partial charge >= 0.3 is 5.97 Å². The normalized spacial score (nSPS) is 11.8. The SMILES string of the molecule is C#CCCSCC(C)C(=O)OC. The maximum absolute atomic E-state index is 10.9. The van der Waals surface area contributed by atoms with Crippen LogP contribution >= 0.6 is 11.8 Å². The van der Waals surface area contributed by atoms with Crippen LogP contribution in [-0.4, -0.2) is 24.6 Å². The number of carbonyl (C=O) groups excluding carboxylic acids is 1. The van der Waals surface area contributed by atoms with E-state index in [-0.39, 0.29) is 11.9 Å². The van der Waals surface area contributed by atoms with Crippen LogP contribution in [0, 0.1) is 18.3 Å². The van der Waals surface area contributed by atoms with E-state index >= 15 is 0 Å². The average Bonchev–Trinajstić information content (AvgIpc) is 2.10. The molecule has 0 aliphatic carbocycles. The number of rotatable bonds is 5. The molecular weight excluding hydrogens is 172 g/mol. The van der Waals surface area contributed by atoms with Crippen LogP contribution in [0.4, 0.5) is 0 Å². The Bertz CT molecular complexity index is 172. The van der Waals surface area contributed by atoms with E-state index in [2.05, 4.69) is 10.7 Å². The Morgan fingerprint density at radius 1 is 1.75 bits per heavy atom. The summed E-state index contributed by atoms with van der Waals surface area (Å²) in [6, 6.07) is 0. The monoisotopic (exact) mass is 186 g/mol. The van der Waals surface area contributed by atoms with Crippen molar-refractivity contribution in [2.75, 3.05) is 18.6 Å². The highest BCUT2D eigenvalue weighted by Gasteiger charge is 2.11. The van der Waals surface area contributed by atoms with Crippen LogP contribution in [0.15, 0.2) is 0 Å². The van der Waals surface area contributed by atoms with Crippen molar-refractivity contribution in [3.8, 4) is 12.3 Å². The molecule has 0 spiro atoms. The second kappa shape index (κ2) is 7.05. The van der Waals surface area contributed by atoms with E-state index in [0.717, 1.165) is 17.9 Å². The largest absolute Gasteiger partial charge is 0.469 e. The summed E-state index contributed by atoms with van der Waals surface area (Å²) < 4.78 is 4.58. The highest BCUT2D eigenvalue weighted by atomic mass is 32.2. The quantitative estimate of drug-likeness (QED) is 0.370. The molecule has 1 unspecified atom stereocenters. The molecule has 3 heteroatoms. The molecule has 12 heavy (non-hydrogen) atoms. The van der Waals surface area contributed by atoms with E-state index in [9.17, 15) is 4.79 Å². The molecule has 0 aromatic carbocycles. The molecule has 0 N–H and O–H groups in total. The number of esters is 1. The van der Waals surface area contributed by atoms with E-state index in [1.165, 1.54) is 7.11 Å². The molecule has 0 rings (SSSR count). The number of ether oxygens (including phenoxy) is 1. The van der Waals surface area contributed by atoms with Gasteiger partial charge in [0.25, 0.3) is 0 Å². The highest BCUT2D eigenvalue weighted by Crippen LogP contribution is 2.10. The van der Waals surface area contributed by atoms with Gasteiger partial charge in [-0.2, -0.15) is 11.8 Å². The van der Waals surface area contributed by atoms with Gasteiger partial charge < -0.3 is 4.74 Å². The van der Waals surface area contributed by atoms with Crippen molar-refractivity contribution < 1.29 is 9.53 Å². The van der Waals surface area contributed by atoms with Crippen molar-refractivity contribution in [2.45, 2.75) is 13.3 Å². The first-order valence-electron chi connectivity index (χ1n) is 3.81. The zero-order chi connectivity index (χ0) is 9.40. The van der Waals surface area contributed by atoms with Crippen molar-refractivity contribution in [3.05, 3.63) is 0 Å². The third-order valence-electron chi connectivity index (χ3n) is 1.36. The minimum absolute atomic E-state index is 0.0298. The summed E-state index contributed by atoms with van der Waals surface area (Å²) in [4.78, 5) is 10.9. The Hall–Kier alpha value is -0.620. The molecule has 0 aliphatic heterocycles. The van der Waals surface area contributed by atoms with Crippen LogP contribution in [0.25, 0.3) is 0 Å². The molecule has 0 heterocycles. The topological polar surface area (TPSA) is 26.3 Å². The maximum atomic E-state index is 10.9. The lowest BCUT2D eigenvalue weighted by Crippen LogP contribution is -2.14. The predicted molar refractivity (Wildman–Crippen MR) is 52.0 cm³/mol. The lowest BCUT2D eigenvalue weighted by molar-refractivity contribution is -0.143. The summed E-state index contributed by atoms with van der Waals surface area (Å²) >= 11 is 1.69. The van der Waals surface area contributed by atoms with Gasteiger partial charge in [-0.3, -0.25) is 4.79 Å². The van der Waals surface area contributed by atoms with E-state index in [4.69, 9.17) is 6.42 Å². The summed E-state index contributed by atoms with van der Waals surface area (Å²) in [5, 5.41) is 0. The minimum Gasteiger partial charge on any atom is -0.469 e. The zero-order valence-corrected chi connectivity index (χ0v) is 8.32. The highest BCUT2D eigenvalue weighted by molar-refractivity contribution is 7.99. The van der Waals surface area contributed by atoms with Crippen LogP contribution in [0.5, 0.6) is 0 Å². The van der Waals surface area contributed by atoms with Crippen LogP contribution in [-0.2, 0) is 9.53 Å². The van der Waals surface area contributed by atoms with Crippen LogP contribution < -0.4 is 0 Å². The van der Waals surface area contributed by atoms with Crippen molar-refractivity contribution >= 4 is 17.7 Å². The first-order valence-corrected chi connectivity index (χ1v) is 4.97. The summed E-state index contributed by atoms with van der Waals surface area (Å²) in [6.07, 6.45) is 5.84. The molecule has 0 saturated heterocycles. The fourth-order valence-corrected chi connectivity index (χ4v) is 1.58. The van der Waals surface area contributed by atoms with Crippen LogP contribution in [0.3, 0.4) is 0 Å². The standard InChI is InChI=1S/C9H14O2S/c1-4-5-6-12-7-8(2)9(10)11-3/h1,8H,5-7H2,2-3H3. The van der Waals surface area contributed by atoms with E-state index < -0.39 is 0 Å². The van der Waals surface area contributed by atoms with Gasteiger partial charge in [0.2, 0.25) is 0 Å². The maximum Gasteiger partial charge on any atom is 0.309 e. The molecule has 1 atom stereocenters. The van der Waals surface area contributed by atoms with Gasteiger partial charge in [0.05, 0.1) is 13.0 Å². The summed E-state index contributed by atoms with van der Waals surface area (Å²) in [5.74, 6) is 4.07. The number of carbonyl (C=O) groups is 1. The number of thioether (sulfide) groups is 1. The van der Waals surface area contributed by atoms with Gasteiger partial charge in [-0.15, -0.1) is 12.3 Å². The van der Waals surface area contributed by atoms with E-state index in [1.807, 2.05) is 6.92 Å². The second-order valence-corrected chi connectivity index (χ2v) is 3.60. The lowest BCUT2D eigenvalue weighted by Gasteiger charge is -2.06. The summed E-state index contributed by atoms with van der Waals surface area (Å²) in [6.45, 7) is 1.86.